The minimum absolute atomic E-state index is 0.149. The van der Waals surface area contributed by atoms with E-state index < -0.39 is 0 Å². The van der Waals surface area contributed by atoms with E-state index in [1.165, 1.54) is 5.69 Å². The molecule has 2 heterocycles. The molecule has 1 unspecified atom stereocenters. The van der Waals surface area contributed by atoms with Crippen LogP contribution in [0.3, 0.4) is 0 Å². The molecule has 7 nitrogen and oxygen atoms in total. The first kappa shape index (κ1) is 29.9. The fraction of sp³-hybridized carbons (Fsp3) is 0.0714. The zero-order valence-electron chi connectivity index (χ0n) is 27.3. The van der Waals surface area contributed by atoms with Crippen LogP contribution < -0.4 is 21.3 Å². The second kappa shape index (κ2) is 12.6. The Hall–Kier alpha value is -6.47. The van der Waals surface area contributed by atoms with Gasteiger partial charge in [0.1, 0.15) is 6.17 Å². The average Bonchev–Trinajstić information content (AvgIpc) is 3.50. The van der Waals surface area contributed by atoms with Gasteiger partial charge in [-0.15, -0.1) is 0 Å². The standard InChI is InChI=1S/C42H35N7/c1-27-45-38-15-5-6-16-39(38)49(27)35-12-8-10-31(26-35)30-9-7-11-32(25-30)36-13-3-4-14-37(36)42-47-40(28-17-21-33(43)22-18-28)46-41(48-42)29-19-23-34(44-2)24-20-29/h3-27,44-45H,43H2,1-2H3. The van der Waals surface area contributed by atoms with Gasteiger partial charge in [0.05, 0.1) is 11.4 Å². The molecule has 49 heavy (non-hydrogen) atoms. The van der Waals surface area contributed by atoms with E-state index in [4.69, 9.17) is 20.7 Å². The van der Waals surface area contributed by atoms with Gasteiger partial charge in [0, 0.05) is 40.8 Å². The minimum atomic E-state index is 0.149. The van der Waals surface area contributed by atoms with E-state index in [1.54, 1.807) is 0 Å². The lowest BCUT2D eigenvalue weighted by atomic mass is 9.95. The summed E-state index contributed by atoms with van der Waals surface area (Å²) < 4.78 is 0. The van der Waals surface area contributed by atoms with Crippen LogP contribution in [0.2, 0.25) is 0 Å². The average molecular weight is 638 g/mol. The van der Waals surface area contributed by atoms with Crippen LogP contribution in [0.15, 0.2) is 146 Å². The number of nitrogens with zero attached hydrogens (tertiary/aromatic N) is 4. The lowest BCUT2D eigenvalue weighted by Crippen LogP contribution is -2.28. The molecule has 0 bridgehead atoms. The van der Waals surface area contributed by atoms with Crippen LogP contribution in [0.4, 0.5) is 28.4 Å². The van der Waals surface area contributed by atoms with Crippen molar-refractivity contribution in [3.63, 3.8) is 0 Å². The highest BCUT2D eigenvalue weighted by atomic mass is 15.3. The summed E-state index contributed by atoms with van der Waals surface area (Å²) in [6, 6.07) is 49.9. The van der Waals surface area contributed by atoms with Crippen molar-refractivity contribution in [1.82, 2.24) is 15.0 Å². The number of para-hydroxylation sites is 2. The minimum Gasteiger partial charge on any atom is -0.399 e. The van der Waals surface area contributed by atoms with Crippen molar-refractivity contribution < 1.29 is 0 Å². The van der Waals surface area contributed by atoms with Crippen LogP contribution in [0.5, 0.6) is 0 Å². The molecule has 0 spiro atoms. The first-order chi connectivity index (χ1) is 24.0. The van der Waals surface area contributed by atoms with E-state index in [0.29, 0.717) is 23.2 Å². The molecule has 0 saturated carbocycles. The molecule has 0 radical (unpaired) electrons. The normalized spacial score (nSPS) is 13.5. The number of rotatable bonds is 7. The summed E-state index contributed by atoms with van der Waals surface area (Å²) in [5.74, 6) is 1.80. The molecule has 1 aromatic heterocycles. The Morgan fingerprint density at radius 1 is 0.571 bits per heavy atom. The van der Waals surface area contributed by atoms with E-state index >= 15 is 0 Å². The zero-order valence-corrected chi connectivity index (χ0v) is 27.3. The molecule has 1 aliphatic rings. The van der Waals surface area contributed by atoms with Crippen molar-refractivity contribution in [2.45, 2.75) is 13.1 Å². The van der Waals surface area contributed by atoms with Gasteiger partial charge in [-0.3, -0.25) is 0 Å². The summed E-state index contributed by atoms with van der Waals surface area (Å²) in [4.78, 5) is 17.3. The largest absolute Gasteiger partial charge is 0.399 e. The predicted octanol–water partition coefficient (Wildman–Crippen LogP) is 9.74. The van der Waals surface area contributed by atoms with Crippen LogP contribution in [0.25, 0.3) is 56.4 Å². The van der Waals surface area contributed by atoms with Crippen molar-refractivity contribution in [2.24, 2.45) is 0 Å². The molecule has 6 aromatic carbocycles. The second-order valence-electron chi connectivity index (χ2n) is 12.1. The van der Waals surface area contributed by atoms with Crippen LogP contribution in [-0.4, -0.2) is 28.2 Å². The quantitative estimate of drug-likeness (QED) is 0.150. The van der Waals surface area contributed by atoms with Crippen molar-refractivity contribution >= 4 is 28.4 Å². The number of nitrogens with one attached hydrogen (secondary N) is 2. The number of hydrogen-bond donors (Lipinski definition) is 3. The van der Waals surface area contributed by atoms with Gasteiger partial charge >= 0.3 is 0 Å². The maximum atomic E-state index is 6.01. The predicted molar refractivity (Wildman–Crippen MR) is 203 cm³/mol. The Kier molecular flexibility index (Phi) is 7.70. The molecule has 238 valence electrons. The zero-order chi connectivity index (χ0) is 33.3. The fourth-order valence-corrected chi connectivity index (χ4v) is 6.47. The maximum absolute atomic E-state index is 6.01. The monoisotopic (exact) mass is 637 g/mol. The van der Waals surface area contributed by atoms with Gasteiger partial charge in [0.25, 0.3) is 0 Å². The Balaban J connectivity index is 1.20. The molecule has 0 aliphatic carbocycles. The van der Waals surface area contributed by atoms with Crippen LogP contribution in [0, 0.1) is 0 Å². The van der Waals surface area contributed by atoms with Crippen molar-refractivity contribution in [3.8, 4) is 56.4 Å². The summed E-state index contributed by atoms with van der Waals surface area (Å²) in [5, 5.41) is 6.78. The second-order valence-corrected chi connectivity index (χ2v) is 12.1. The van der Waals surface area contributed by atoms with Gasteiger partial charge in [0.15, 0.2) is 17.5 Å². The highest BCUT2D eigenvalue weighted by molar-refractivity contribution is 5.86. The molecule has 0 saturated heterocycles. The summed E-state index contributed by atoms with van der Waals surface area (Å²) >= 11 is 0. The molecular weight excluding hydrogens is 603 g/mol. The number of fused-ring (bicyclic) bond motifs is 1. The van der Waals surface area contributed by atoms with Crippen LogP contribution in [-0.2, 0) is 0 Å². The SMILES string of the molecule is CNc1ccc(-c2nc(-c3ccc(N)cc3)nc(-c3ccccc3-c3cccc(-c4cccc(N5c6ccccc6NC5C)c4)c3)n2)cc1. The van der Waals surface area contributed by atoms with Gasteiger partial charge in [-0.25, -0.2) is 15.0 Å². The highest BCUT2D eigenvalue weighted by Gasteiger charge is 2.26. The summed E-state index contributed by atoms with van der Waals surface area (Å²) in [7, 11) is 1.91. The van der Waals surface area contributed by atoms with E-state index in [9.17, 15) is 0 Å². The Morgan fingerprint density at radius 3 is 1.90 bits per heavy atom. The number of hydrogen-bond acceptors (Lipinski definition) is 7. The smallest absolute Gasteiger partial charge is 0.164 e. The number of benzene rings is 6. The van der Waals surface area contributed by atoms with Crippen LogP contribution >= 0.6 is 0 Å². The molecule has 8 rings (SSSR count). The Bertz CT molecular complexity index is 2280. The number of anilines is 5. The molecule has 0 fully saturated rings. The van der Waals surface area contributed by atoms with Gasteiger partial charge in [-0.05, 0) is 108 Å². The molecular formula is C42H35N7. The third kappa shape index (κ3) is 5.83. The third-order valence-corrected chi connectivity index (χ3v) is 8.95. The molecule has 7 heteroatoms. The first-order valence-electron chi connectivity index (χ1n) is 16.4. The van der Waals surface area contributed by atoms with Crippen molar-refractivity contribution in [2.75, 3.05) is 28.3 Å². The Morgan fingerprint density at radius 2 is 1.16 bits per heavy atom. The summed E-state index contributed by atoms with van der Waals surface area (Å²) in [6.45, 7) is 2.19. The Labute approximate surface area is 286 Å². The number of aromatic nitrogens is 3. The maximum Gasteiger partial charge on any atom is 0.164 e. The third-order valence-electron chi connectivity index (χ3n) is 8.95. The molecule has 1 aliphatic heterocycles. The van der Waals surface area contributed by atoms with E-state index in [-0.39, 0.29) is 6.17 Å². The summed E-state index contributed by atoms with van der Waals surface area (Å²) in [6.07, 6.45) is 0.149. The van der Waals surface area contributed by atoms with Gasteiger partial charge in [-0.1, -0.05) is 66.7 Å². The highest BCUT2D eigenvalue weighted by Crippen LogP contribution is 2.41. The van der Waals surface area contributed by atoms with Crippen molar-refractivity contribution in [1.29, 1.82) is 0 Å². The summed E-state index contributed by atoms with van der Waals surface area (Å²) in [5.41, 5.74) is 18.3. The van der Waals surface area contributed by atoms with Crippen molar-refractivity contribution in [3.05, 3.63) is 146 Å². The molecule has 7 aromatic rings. The van der Waals surface area contributed by atoms with Crippen LogP contribution in [0.1, 0.15) is 6.92 Å². The lowest BCUT2D eigenvalue weighted by Gasteiger charge is -2.24. The van der Waals surface area contributed by atoms with Gasteiger partial charge in [0.2, 0.25) is 0 Å². The van der Waals surface area contributed by atoms with E-state index in [0.717, 1.165) is 56.0 Å². The topological polar surface area (TPSA) is 92.0 Å². The van der Waals surface area contributed by atoms with E-state index in [1.807, 2.05) is 61.6 Å². The molecule has 1 atom stereocenters. The number of nitrogen functional groups attached to an aromatic ring is 1. The molecule has 4 N–H and O–H groups in total. The first-order valence-corrected chi connectivity index (χ1v) is 16.4. The molecule has 0 amide bonds. The fourth-order valence-electron chi connectivity index (χ4n) is 6.47. The number of nitrogens with two attached hydrogens (primary N) is 1. The lowest BCUT2D eigenvalue weighted by molar-refractivity contribution is 0.843. The van der Waals surface area contributed by atoms with Gasteiger partial charge < -0.3 is 21.3 Å². The van der Waals surface area contributed by atoms with Gasteiger partial charge in [-0.2, -0.15) is 0 Å². The van der Waals surface area contributed by atoms with E-state index in [2.05, 4.69) is 113 Å².